The molecule has 0 saturated heterocycles. The number of rotatable bonds is 2. The summed E-state index contributed by atoms with van der Waals surface area (Å²) in [6.45, 7) is 2.06. The molecule has 0 spiro atoms. The average molecular weight is 356 g/mol. The van der Waals surface area contributed by atoms with E-state index in [9.17, 15) is 0 Å². The minimum Gasteiger partial charge on any atom is -0.397 e. The third kappa shape index (κ3) is 3.01. The number of anilines is 3. The highest BCUT2D eigenvalue weighted by molar-refractivity contribution is 9.10. The van der Waals surface area contributed by atoms with Crippen molar-refractivity contribution in [1.29, 1.82) is 0 Å². The molecule has 2 rings (SSSR count). The van der Waals surface area contributed by atoms with Crippen LogP contribution in [0.5, 0.6) is 0 Å². The van der Waals surface area contributed by atoms with Gasteiger partial charge in [-0.3, -0.25) is 0 Å². The highest BCUT2D eigenvalue weighted by atomic mass is 79.9. The SMILES string of the molecule is Cc1ccc(Nc2cc(Br)ccc2N)cc1Br. The van der Waals surface area contributed by atoms with Crippen molar-refractivity contribution in [2.45, 2.75) is 6.92 Å². The van der Waals surface area contributed by atoms with Crippen molar-refractivity contribution in [3.8, 4) is 0 Å². The fraction of sp³-hybridized carbons (Fsp3) is 0.0769. The van der Waals surface area contributed by atoms with Gasteiger partial charge in [0.2, 0.25) is 0 Å². The predicted molar refractivity (Wildman–Crippen MR) is 80.7 cm³/mol. The molecule has 0 saturated carbocycles. The lowest BCUT2D eigenvalue weighted by atomic mass is 10.2. The Morgan fingerprint density at radius 1 is 1.06 bits per heavy atom. The van der Waals surface area contributed by atoms with Crippen molar-refractivity contribution in [2.75, 3.05) is 11.1 Å². The van der Waals surface area contributed by atoms with Crippen LogP contribution in [0.2, 0.25) is 0 Å². The second-order valence-corrected chi connectivity index (χ2v) is 5.59. The number of halogens is 2. The summed E-state index contributed by atoms with van der Waals surface area (Å²) in [6, 6.07) is 11.9. The molecule has 3 N–H and O–H groups in total. The van der Waals surface area contributed by atoms with Gasteiger partial charge in [0.05, 0.1) is 11.4 Å². The molecule has 0 radical (unpaired) electrons. The smallest absolute Gasteiger partial charge is 0.0629 e. The number of nitrogens with one attached hydrogen (secondary N) is 1. The molecule has 0 aliphatic heterocycles. The van der Waals surface area contributed by atoms with E-state index in [1.54, 1.807) is 0 Å². The number of aryl methyl sites for hydroxylation is 1. The van der Waals surface area contributed by atoms with E-state index >= 15 is 0 Å². The van der Waals surface area contributed by atoms with Gasteiger partial charge in [-0.2, -0.15) is 0 Å². The van der Waals surface area contributed by atoms with Gasteiger partial charge < -0.3 is 11.1 Å². The summed E-state index contributed by atoms with van der Waals surface area (Å²) in [5.41, 5.74) is 9.75. The van der Waals surface area contributed by atoms with E-state index in [0.717, 1.165) is 26.0 Å². The minimum absolute atomic E-state index is 0.727. The highest BCUT2D eigenvalue weighted by Gasteiger charge is 2.02. The molecule has 2 aromatic rings. The standard InChI is InChI=1S/C13H12Br2N2/c1-8-2-4-10(7-11(8)15)17-13-6-9(14)3-5-12(13)16/h2-7,17H,16H2,1H3. The Morgan fingerprint density at radius 3 is 2.53 bits per heavy atom. The van der Waals surface area contributed by atoms with Gasteiger partial charge in [0.15, 0.2) is 0 Å². The van der Waals surface area contributed by atoms with Crippen LogP contribution in [0.3, 0.4) is 0 Å². The Morgan fingerprint density at radius 2 is 1.82 bits per heavy atom. The number of nitrogens with two attached hydrogens (primary N) is 1. The maximum atomic E-state index is 5.91. The van der Waals surface area contributed by atoms with Gasteiger partial charge in [-0.25, -0.2) is 0 Å². The van der Waals surface area contributed by atoms with Gasteiger partial charge in [-0.05, 0) is 42.8 Å². The lowest BCUT2D eigenvalue weighted by Gasteiger charge is -2.11. The zero-order chi connectivity index (χ0) is 12.4. The van der Waals surface area contributed by atoms with Crippen molar-refractivity contribution in [1.82, 2.24) is 0 Å². The molecule has 88 valence electrons. The lowest BCUT2D eigenvalue weighted by molar-refractivity contribution is 1.42. The van der Waals surface area contributed by atoms with Gasteiger partial charge >= 0.3 is 0 Å². The maximum absolute atomic E-state index is 5.91. The molecule has 2 nitrogen and oxygen atoms in total. The summed E-state index contributed by atoms with van der Waals surface area (Å²) < 4.78 is 2.08. The molecule has 0 bridgehead atoms. The van der Waals surface area contributed by atoms with E-state index < -0.39 is 0 Å². The lowest BCUT2D eigenvalue weighted by Crippen LogP contribution is -1.96. The molecule has 0 fully saturated rings. The van der Waals surface area contributed by atoms with Gasteiger partial charge in [-0.1, -0.05) is 37.9 Å². The predicted octanol–water partition coefficient (Wildman–Crippen LogP) is 4.85. The Bertz CT molecular complexity index is 553. The van der Waals surface area contributed by atoms with Crippen molar-refractivity contribution < 1.29 is 0 Å². The van der Waals surface area contributed by atoms with E-state index in [4.69, 9.17) is 5.73 Å². The Balaban J connectivity index is 2.31. The number of benzene rings is 2. The van der Waals surface area contributed by atoms with Crippen LogP contribution in [0.1, 0.15) is 5.56 Å². The quantitative estimate of drug-likeness (QED) is 0.756. The van der Waals surface area contributed by atoms with Gasteiger partial charge in [0.25, 0.3) is 0 Å². The first kappa shape index (κ1) is 12.5. The van der Waals surface area contributed by atoms with E-state index in [2.05, 4.69) is 50.2 Å². The minimum atomic E-state index is 0.727. The van der Waals surface area contributed by atoms with Crippen LogP contribution in [0.25, 0.3) is 0 Å². The van der Waals surface area contributed by atoms with Crippen molar-refractivity contribution in [3.63, 3.8) is 0 Å². The number of nitrogen functional groups attached to an aromatic ring is 1. The molecule has 0 heterocycles. The summed E-state index contributed by atoms with van der Waals surface area (Å²) in [5.74, 6) is 0. The highest BCUT2D eigenvalue weighted by Crippen LogP contribution is 2.28. The molecule has 0 aliphatic carbocycles. The zero-order valence-electron chi connectivity index (χ0n) is 9.30. The van der Waals surface area contributed by atoms with E-state index in [1.807, 2.05) is 30.3 Å². The molecule has 0 aliphatic rings. The molecule has 0 aromatic heterocycles. The molecule has 0 amide bonds. The van der Waals surface area contributed by atoms with Crippen molar-refractivity contribution >= 4 is 48.9 Å². The van der Waals surface area contributed by atoms with Crippen molar-refractivity contribution in [2.24, 2.45) is 0 Å². The second-order valence-electron chi connectivity index (χ2n) is 3.82. The van der Waals surface area contributed by atoms with Crippen LogP contribution in [0.15, 0.2) is 45.3 Å². The van der Waals surface area contributed by atoms with Crippen LogP contribution in [-0.4, -0.2) is 0 Å². The summed E-state index contributed by atoms with van der Waals surface area (Å²) in [6.07, 6.45) is 0. The van der Waals surface area contributed by atoms with E-state index in [0.29, 0.717) is 0 Å². The topological polar surface area (TPSA) is 38.0 Å². The van der Waals surface area contributed by atoms with Gasteiger partial charge in [-0.15, -0.1) is 0 Å². The van der Waals surface area contributed by atoms with Crippen LogP contribution < -0.4 is 11.1 Å². The summed E-state index contributed by atoms with van der Waals surface area (Å²) >= 11 is 6.94. The molecule has 0 atom stereocenters. The van der Waals surface area contributed by atoms with E-state index in [-0.39, 0.29) is 0 Å². The first-order chi connectivity index (χ1) is 8.06. The fourth-order valence-electron chi connectivity index (χ4n) is 1.46. The first-order valence-electron chi connectivity index (χ1n) is 5.14. The van der Waals surface area contributed by atoms with Crippen LogP contribution >= 0.6 is 31.9 Å². The zero-order valence-corrected chi connectivity index (χ0v) is 12.5. The molecule has 0 unspecified atom stereocenters. The molecule has 17 heavy (non-hydrogen) atoms. The Hall–Kier alpha value is -1.00. The molecular formula is C13H12Br2N2. The molecule has 4 heteroatoms. The van der Waals surface area contributed by atoms with Gasteiger partial charge in [0, 0.05) is 14.6 Å². The Labute approximate surface area is 117 Å². The third-order valence-corrected chi connectivity index (χ3v) is 3.81. The monoisotopic (exact) mass is 354 g/mol. The largest absolute Gasteiger partial charge is 0.397 e. The third-order valence-electron chi connectivity index (χ3n) is 2.47. The second kappa shape index (κ2) is 5.10. The summed E-state index contributed by atoms with van der Waals surface area (Å²) in [7, 11) is 0. The van der Waals surface area contributed by atoms with Crippen LogP contribution in [0, 0.1) is 6.92 Å². The first-order valence-corrected chi connectivity index (χ1v) is 6.73. The van der Waals surface area contributed by atoms with Gasteiger partial charge in [0.1, 0.15) is 0 Å². The van der Waals surface area contributed by atoms with Crippen LogP contribution in [0.4, 0.5) is 17.1 Å². The maximum Gasteiger partial charge on any atom is 0.0629 e. The summed E-state index contributed by atoms with van der Waals surface area (Å²) in [5, 5.41) is 3.30. The normalized spacial score (nSPS) is 10.3. The van der Waals surface area contributed by atoms with E-state index in [1.165, 1.54) is 5.56 Å². The number of hydrogen-bond acceptors (Lipinski definition) is 2. The number of hydrogen-bond donors (Lipinski definition) is 2. The fourth-order valence-corrected chi connectivity index (χ4v) is 2.20. The van der Waals surface area contributed by atoms with Crippen LogP contribution in [-0.2, 0) is 0 Å². The summed E-state index contributed by atoms with van der Waals surface area (Å²) in [4.78, 5) is 0. The van der Waals surface area contributed by atoms with Crippen molar-refractivity contribution in [3.05, 3.63) is 50.9 Å². The molecule has 2 aromatic carbocycles. The molecular weight excluding hydrogens is 344 g/mol. The Kier molecular flexibility index (Phi) is 3.74. The average Bonchev–Trinajstić information content (AvgIpc) is 2.29.